The molecule has 0 aliphatic carbocycles. The Bertz CT molecular complexity index is 1080. The van der Waals surface area contributed by atoms with Crippen LogP contribution in [0, 0.1) is 0 Å². The summed E-state index contributed by atoms with van der Waals surface area (Å²) in [5.41, 5.74) is -2.75. The van der Waals surface area contributed by atoms with Gasteiger partial charge < -0.3 is 14.6 Å². The number of aromatic nitrogens is 3. The summed E-state index contributed by atoms with van der Waals surface area (Å²) in [6.07, 6.45) is -5.06. The topological polar surface area (TPSA) is 170 Å². The van der Waals surface area contributed by atoms with Crippen LogP contribution in [0.1, 0.15) is 16.1 Å². The van der Waals surface area contributed by atoms with Crippen molar-refractivity contribution in [2.45, 2.75) is 15.4 Å². The Morgan fingerprint density at radius 3 is 2.03 bits per heavy atom. The van der Waals surface area contributed by atoms with Crippen molar-refractivity contribution in [2.75, 3.05) is 19.5 Å². The number of carbonyl (C=O) groups excluding carboxylic acids is 1. The van der Waals surface area contributed by atoms with Gasteiger partial charge >= 0.3 is 50.3 Å². The van der Waals surface area contributed by atoms with Crippen LogP contribution in [-0.4, -0.2) is 82.6 Å². The van der Waals surface area contributed by atoms with Crippen molar-refractivity contribution in [3.8, 4) is 11.8 Å². The number of halogens is 3. The first-order valence-corrected chi connectivity index (χ1v) is 12.0. The van der Waals surface area contributed by atoms with E-state index in [1.165, 1.54) is 52.9 Å². The quantitative estimate of drug-likeness (QED) is 0.503. The van der Waals surface area contributed by atoms with E-state index in [0.29, 0.717) is 12.1 Å². The Balaban J connectivity index is 0.00000249. The fourth-order valence-corrected chi connectivity index (χ4v) is 2.99. The summed E-state index contributed by atoms with van der Waals surface area (Å²) in [5, 5.41) is 9.44. The number of carboxylic acids is 1. The van der Waals surface area contributed by atoms with E-state index in [1.807, 2.05) is 5.32 Å². The molecule has 0 spiro atoms. The van der Waals surface area contributed by atoms with E-state index >= 15 is 0 Å². The molecule has 0 aliphatic rings. The average Bonchev–Trinajstić information content (AvgIpc) is 2.73. The average molecular weight is 489 g/mol. The molecule has 0 atom stereocenters. The molecule has 0 unspecified atom stereocenters. The van der Waals surface area contributed by atoms with Crippen molar-refractivity contribution in [3.63, 3.8) is 0 Å². The zero-order valence-electron chi connectivity index (χ0n) is 17.0. The second-order valence-corrected chi connectivity index (χ2v) is 6.79. The van der Waals surface area contributed by atoms with Gasteiger partial charge in [-0.15, -0.1) is 0 Å². The van der Waals surface area contributed by atoms with Gasteiger partial charge in [-0.1, -0.05) is 0 Å². The maximum atomic E-state index is 12.8. The first kappa shape index (κ1) is 27.3. The Morgan fingerprint density at radius 1 is 1.06 bits per heavy atom. The number of ether oxygens (including phenoxy) is 2. The number of carbonyl (C=O) groups is 2. The molecule has 12 nitrogen and oxygen atoms in total. The molecule has 17 heteroatoms. The number of aromatic carboxylic acids is 1. The monoisotopic (exact) mass is 489 g/mol. The second-order valence-electron chi connectivity index (χ2n) is 5.19. The van der Waals surface area contributed by atoms with E-state index in [9.17, 15) is 31.2 Å². The number of pyridine rings is 1. The summed E-state index contributed by atoms with van der Waals surface area (Å²) in [5.74, 6) is -2.48. The fourth-order valence-electron chi connectivity index (χ4n) is 1.93. The molecule has 170 valence electrons. The van der Waals surface area contributed by atoms with Crippen molar-refractivity contribution in [2.24, 2.45) is 0 Å². The molecule has 2 amide bonds. The first-order valence-electron chi connectivity index (χ1n) is 8.49. The summed E-state index contributed by atoms with van der Waals surface area (Å²) in [7, 11) is -2.66. The molecule has 0 aliphatic heterocycles. The van der Waals surface area contributed by atoms with Gasteiger partial charge in [0, 0.05) is 0 Å². The zero-order valence-corrected chi connectivity index (χ0v) is 19.8. The first-order chi connectivity index (χ1) is 14.9. The molecular weight excluding hydrogens is 474 g/mol. The van der Waals surface area contributed by atoms with Crippen molar-refractivity contribution in [1.29, 1.82) is 0 Å². The standard InChI is InChI=1S/C14H12F3N5O7S.CH3.Na/c1-28-8-5-9(29-2)20-12(19-8)21-13(25)22-30(26,27)10-6(11(23)24)3-4-7(18-10)14(15,16)17;;/h3-5H,1-2H3,(H,23,24)(H2,19,20,21,22,25);1H3;. The van der Waals surface area contributed by atoms with Gasteiger partial charge in [0.25, 0.3) is 10.0 Å². The van der Waals surface area contributed by atoms with E-state index in [2.05, 4.69) is 19.1 Å². The number of hydrogen-bond acceptors (Lipinski definition) is 9. The minimum atomic E-state index is -5.14. The SMILES string of the molecule is COc1cc(OC)nc(NC(=O)NS(=O)(=O)c2nc(C(F)(F)F)ccc2C(=O)O)n1.[CH3][Na]. The number of anilines is 1. The molecule has 2 heterocycles. The molecule has 0 saturated heterocycles. The molecular formula is C15H15F3N5NaO7S. The van der Waals surface area contributed by atoms with Crippen LogP contribution in [0.4, 0.5) is 23.9 Å². The fraction of sp³-hybridized carbons (Fsp3) is 0.267. The molecule has 2 aromatic heterocycles. The number of rotatable bonds is 6. The number of nitrogens with zero attached hydrogens (tertiary/aromatic N) is 3. The summed E-state index contributed by atoms with van der Waals surface area (Å²) in [6, 6.07) is 0.423. The van der Waals surface area contributed by atoms with Crippen molar-refractivity contribution in [1.82, 2.24) is 19.7 Å². The predicted molar refractivity (Wildman–Crippen MR) is 102 cm³/mol. The van der Waals surface area contributed by atoms with Crippen molar-refractivity contribution >= 4 is 55.9 Å². The van der Waals surface area contributed by atoms with Crippen LogP contribution in [0.2, 0.25) is 4.17 Å². The van der Waals surface area contributed by atoms with Crippen LogP contribution in [0.15, 0.2) is 23.2 Å². The van der Waals surface area contributed by atoms with E-state index in [-0.39, 0.29) is 11.8 Å². The van der Waals surface area contributed by atoms with Gasteiger partial charge in [0.05, 0.1) is 25.8 Å². The van der Waals surface area contributed by atoms with Gasteiger partial charge in [-0.2, -0.15) is 31.6 Å². The zero-order chi connectivity index (χ0) is 24.7. The molecule has 0 bridgehead atoms. The van der Waals surface area contributed by atoms with Crippen molar-refractivity contribution in [3.05, 3.63) is 29.5 Å². The summed E-state index contributed by atoms with van der Waals surface area (Å²) < 4.78 is 76.3. The minimum absolute atomic E-state index is 0.0623. The van der Waals surface area contributed by atoms with Crippen LogP contribution in [0.5, 0.6) is 11.8 Å². The van der Waals surface area contributed by atoms with Gasteiger partial charge in [0.2, 0.25) is 17.7 Å². The summed E-state index contributed by atoms with van der Waals surface area (Å²) in [4.78, 5) is 33.4. The summed E-state index contributed by atoms with van der Waals surface area (Å²) in [6.45, 7) is 0. The van der Waals surface area contributed by atoms with Crippen LogP contribution < -0.4 is 19.5 Å². The number of carboxylic acid groups (broad SMARTS) is 1. The van der Waals surface area contributed by atoms with Gasteiger partial charge in [0.1, 0.15) is 5.69 Å². The molecule has 0 radical (unpaired) electrons. The molecule has 0 aromatic carbocycles. The van der Waals surface area contributed by atoms with E-state index in [0.717, 1.165) is 0 Å². The Hall–Kier alpha value is -2.69. The molecule has 3 N–H and O–H groups in total. The van der Waals surface area contributed by atoms with Crippen LogP contribution in [0.25, 0.3) is 0 Å². The van der Waals surface area contributed by atoms with Gasteiger partial charge in [-0.3, -0.25) is 5.32 Å². The Kier molecular flexibility index (Phi) is 9.62. The molecule has 2 rings (SSSR count). The maximum absolute atomic E-state index is 12.8. The number of alkyl halides is 3. The second kappa shape index (κ2) is 11.3. The molecule has 32 heavy (non-hydrogen) atoms. The number of sulfonamides is 1. The van der Waals surface area contributed by atoms with Crippen LogP contribution in [-0.2, 0) is 16.2 Å². The third-order valence-electron chi connectivity index (χ3n) is 3.19. The predicted octanol–water partition coefficient (Wildman–Crippen LogP) is 1.32. The number of nitrogens with one attached hydrogen (secondary N) is 2. The summed E-state index contributed by atoms with van der Waals surface area (Å²) >= 11 is 1.31. The number of amides is 2. The van der Waals surface area contributed by atoms with E-state index < -0.39 is 50.4 Å². The van der Waals surface area contributed by atoms with Gasteiger partial charge in [-0.05, 0) is 12.1 Å². The Labute approximate surface area is 197 Å². The number of methoxy groups -OCH3 is 2. The third kappa shape index (κ3) is 7.18. The Morgan fingerprint density at radius 2 is 1.59 bits per heavy atom. The normalized spacial score (nSPS) is 11.0. The van der Waals surface area contributed by atoms with Crippen LogP contribution in [0.3, 0.4) is 0 Å². The third-order valence-corrected chi connectivity index (χ3v) is 4.46. The molecule has 0 saturated carbocycles. The molecule has 0 fully saturated rings. The molecule has 2 aromatic rings. The van der Waals surface area contributed by atoms with E-state index in [1.54, 1.807) is 0 Å². The number of hydrogen-bond donors (Lipinski definition) is 3. The number of urea groups is 1. The van der Waals surface area contributed by atoms with Gasteiger partial charge in [0.15, 0.2) is 5.03 Å². The van der Waals surface area contributed by atoms with E-state index in [4.69, 9.17) is 14.6 Å². The van der Waals surface area contributed by atoms with Gasteiger partial charge in [-0.25, -0.2) is 19.3 Å². The van der Waals surface area contributed by atoms with Crippen LogP contribution >= 0.6 is 0 Å². The van der Waals surface area contributed by atoms with Crippen molar-refractivity contribution < 1.29 is 45.8 Å².